The van der Waals surface area contributed by atoms with Crippen molar-refractivity contribution in [3.63, 3.8) is 0 Å². The average Bonchev–Trinajstić information content (AvgIpc) is 2.88. The Bertz CT molecular complexity index is 785. The molecule has 1 aromatic carbocycles. The molecule has 26 heavy (non-hydrogen) atoms. The first-order valence-corrected chi connectivity index (χ1v) is 8.00. The van der Waals surface area contributed by atoms with Gasteiger partial charge in [-0.1, -0.05) is 0 Å². The van der Waals surface area contributed by atoms with Crippen molar-refractivity contribution in [2.24, 2.45) is 0 Å². The zero-order chi connectivity index (χ0) is 19.3. The maximum Gasteiger partial charge on any atom is 0.387 e. The summed E-state index contributed by atoms with van der Waals surface area (Å²) < 4.78 is 35.4. The van der Waals surface area contributed by atoms with Crippen molar-refractivity contribution in [1.29, 1.82) is 0 Å². The fourth-order valence-corrected chi connectivity index (χ4v) is 2.62. The van der Waals surface area contributed by atoms with Gasteiger partial charge >= 0.3 is 12.6 Å². The number of nitrogens with one attached hydrogen (secondary N) is 1. The Kier molecular flexibility index (Phi) is 6.32. The summed E-state index contributed by atoms with van der Waals surface area (Å²) in [5, 5.41) is 2.51. The van der Waals surface area contributed by atoms with Crippen molar-refractivity contribution in [3.8, 4) is 5.75 Å². The first-order valence-electron chi connectivity index (χ1n) is 8.00. The number of aryl methyl sites for hydroxylation is 1. The van der Waals surface area contributed by atoms with Crippen LogP contribution in [-0.4, -0.2) is 29.7 Å². The van der Waals surface area contributed by atoms with E-state index in [-0.39, 0.29) is 5.75 Å². The Balaban J connectivity index is 1.89. The van der Waals surface area contributed by atoms with E-state index >= 15 is 0 Å². The molecule has 6 nitrogen and oxygen atoms in total. The largest absolute Gasteiger partial charge is 0.452 e. The molecule has 2 rings (SSSR count). The Morgan fingerprint density at radius 3 is 2.38 bits per heavy atom. The van der Waals surface area contributed by atoms with Gasteiger partial charge in [-0.05, 0) is 51.1 Å². The monoisotopic (exact) mass is 366 g/mol. The maximum absolute atomic E-state index is 12.1. The average molecular weight is 366 g/mol. The smallest absolute Gasteiger partial charge is 0.387 e. The normalized spacial score (nSPS) is 10.7. The molecule has 1 heterocycles. The van der Waals surface area contributed by atoms with E-state index in [1.807, 2.05) is 25.3 Å². The number of carbonyl (C=O) groups excluding carboxylic acids is 2. The highest BCUT2D eigenvalue weighted by atomic mass is 19.3. The second kappa shape index (κ2) is 8.46. The Morgan fingerprint density at radius 2 is 1.85 bits per heavy atom. The lowest BCUT2D eigenvalue weighted by atomic mass is 10.2. The van der Waals surface area contributed by atoms with Gasteiger partial charge in [-0.25, -0.2) is 4.79 Å². The quantitative estimate of drug-likeness (QED) is 0.761. The molecule has 0 spiro atoms. The highest BCUT2D eigenvalue weighted by molar-refractivity contribution is 5.96. The molecule has 0 saturated carbocycles. The zero-order valence-electron chi connectivity index (χ0n) is 14.7. The van der Waals surface area contributed by atoms with E-state index in [2.05, 4.69) is 10.1 Å². The van der Waals surface area contributed by atoms with Crippen LogP contribution < -0.4 is 10.1 Å². The van der Waals surface area contributed by atoms with Gasteiger partial charge < -0.3 is 19.4 Å². The molecule has 0 fully saturated rings. The molecule has 0 unspecified atom stereocenters. The molecule has 0 aliphatic carbocycles. The third-order valence-corrected chi connectivity index (χ3v) is 3.81. The summed E-state index contributed by atoms with van der Waals surface area (Å²) in [6.07, 6.45) is 0. The highest BCUT2D eigenvalue weighted by Gasteiger charge is 2.17. The van der Waals surface area contributed by atoms with Gasteiger partial charge in [0, 0.05) is 23.6 Å². The minimum absolute atomic E-state index is 0.0179. The van der Waals surface area contributed by atoms with Crippen molar-refractivity contribution in [1.82, 2.24) is 4.57 Å². The van der Waals surface area contributed by atoms with Gasteiger partial charge in [0.2, 0.25) is 0 Å². The molecule has 0 saturated heterocycles. The third kappa shape index (κ3) is 4.81. The lowest BCUT2D eigenvalue weighted by Gasteiger charge is -2.08. The second-order valence-electron chi connectivity index (χ2n) is 5.56. The Labute approximate surface area is 149 Å². The van der Waals surface area contributed by atoms with E-state index < -0.39 is 25.1 Å². The summed E-state index contributed by atoms with van der Waals surface area (Å²) in [5.41, 5.74) is 2.51. The van der Waals surface area contributed by atoms with Crippen molar-refractivity contribution in [3.05, 3.63) is 47.3 Å². The van der Waals surface area contributed by atoms with E-state index in [1.165, 1.54) is 24.3 Å². The van der Waals surface area contributed by atoms with Gasteiger partial charge in [0.25, 0.3) is 5.91 Å². The van der Waals surface area contributed by atoms with Gasteiger partial charge in [0.15, 0.2) is 6.61 Å². The van der Waals surface area contributed by atoms with E-state index in [1.54, 1.807) is 6.07 Å². The summed E-state index contributed by atoms with van der Waals surface area (Å²) in [7, 11) is 0. The van der Waals surface area contributed by atoms with Crippen LogP contribution in [0.5, 0.6) is 5.75 Å². The molecule has 8 heteroatoms. The van der Waals surface area contributed by atoms with Crippen LogP contribution in [0.4, 0.5) is 14.5 Å². The third-order valence-electron chi connectivity index (χ3n) is 3.81. The summed E-state index contributed by atoms with van der Waals surface area (Å²) >= 11 is 0. The van der Waals surface area contributed by atoms with Crippen molar-refractivity contribution in [2.45, 2.75) is 33.9 Å². The van der Waals surface area contributed by atoms with Crippen molar-refractivity contribution < 1.29 is 27.8 Å². The van der Waals surface area contributed by atoms with Crippen LogP contribution in [-0.2, 0) is 16.1 Å². The van der Waals surface area contributed by atoms with Crippen LogP contribution in [0.1, 0.15) is 28.7 Å². The summed E-state index contributed by atoms with van der Waals surface area (Å²) in [6.45, 7) is 3.04. The minimum atomic E-state index is -2.91. The number of esters is 1. The molecular weight excluding hydrogens is 346 g/mol. The number of amides is 1. The molecule has 0 aliphatic rings. The molecule has 0 atom stereocenters. The number of aromatic nitrogens is 1. The molecular formula is C18H20F2N2O4. The maximum atomic E-state index is 12.1. The molecule has 0 bridgehead atoms. The standard InChI is InChI=1S/C18H20F2N2O4/c1-4-22-11(2)9-15(12(22)3)17(24)25-10-16(23)21-13-5-7-14(8-6-13)26-18(19)20/h5-9,18H,4,10H2,1-3H3,(H,21,23). The Hall–Kier alpha value is -2.90. The number of hydrogen-bond acceptors (Lipinski definition) is 4. The predicted molar refractivity (Wildman–Crippen MR) is 91.6 cm³/mol. The number of halogens is 2. The van der Waals surface area contributed by atoms with Crippen LogP contribution in [0.2, 0.25) is 0 Å². The summed E-state index contributed by atoms with van der Waals surface area (Å²) in [4.78, 5) is 24.0. The fraction of sp³-hybridized carbons (Fsp3) is 0.333. The van der Waals surface area contributed by atoms with E-state index in [9.17, 15) is 18.4 Å². The lowest BCUT2D eigenvalue weighted by molar-refractivity contribution is -0.119. The number of nitrogens with zero attached hydrogens (tertiary/aromatic N) is 1. The number of carbonyl (C=O) groups is 2. The number of anilines is 1. The van der Waals surface area contributed by atoms with E-state index in [0.29, 0.717) is 11.3 Å². The van der Waals surface area contributed by atoms with Crippen molar-refractivity contribution >= 4 is 17.6 Å². The molecule has 1 amide bonds. The SMILES string of the molecule is CCn1c(C)cc(C(=O)OCC(=O)Nc2ccc(OC(F)F)cc2)c1C. The van der Waals surface area contributed by atoms with Gasteiger partial charge in [0.05, 0.1) is 5.56 Å². The number of alkyl halides is 2. The van der Waals surface area contributed by atoms with E-state index in [4.69, 9.17) is 4.74 Å². The van der Waals surface area contributed by atoms with Gasteiger partial charge in [-0.15, -0.1) is 0 Å². The molecule has 140 valence electrons. The zero-order valence-corrected chi connectivity index (χ0v) is 14.7. The molecule has 0 radical (unpaired) electrons. The summed E-state index contributed by atoms with van der Waals surface area (Å²) in [6, 6.07) is 7.14. The van der Waals surface area contributed by atoms with Gasteiger partial charge in [-0.2, -0.15) is 8.78 Å². The molecule has 1 N–H and O–H groups in total. The number of benzene rings is 1. The van der Waals surface area contributed by atoms with Crippen molar-refractivity contribution in [2.75, 3.05) is 11.9 Å². The summed E-state index contributed by atoms with van der Waals surface area (Å²) in [5.74, 6) is -1.13. The molecule has 0 aliphatic heterocycles. The van der Waals surface area contributed by atoms with Crippen LogP contribution in [0.3, 0.4) is 0 Å². The first kappa shape index (κ1) is 19.4. The van der Waals surface area contributed by atoms with E-state index in [0.717, 1.165) is 17.9 Å². The van der Waals surface area contributed by atoms with Gasteiger partial charge in [-0.3, -0.25) is 4.79 Å². The topological polar surface area (TPSA) is 69.6 Å². The predicted octanol–water partition coefficient (Wildman–Crippen LogP) is 3.52. The minimum Gasteiger partial charge on any atom is -0.452 e. The van der Waals surface area contributed by atoms with Gasteiger partial charge in [0.1, 0.15) is 5.75 Å². The first-order chi connectivity index (χ1) is 12.3. The van der Waals surface area contributed by atoms with Crippen LogP contribution in [0.15, 0.2) is 30.3 Å². The van der Waals surface area contributed by atoms with Crippen LogP contribution >= 0.6 is 0 Å². The fourth-order valence-electron chi connectivity index (χ4n) is 2.62. The number of hydrogen-bond donors (Lipinski definition) is 1. The number of ether oxygens (including phenoxy) is 2. The second-order valence-corrected chi connectivity index (χ2v) is 5.56. The number of rotatable bonds is 7. The highest BCUT2D eigenvalue weighted by Crippen LogP contribution is 2.18. The lowest BCUT2D eigenvalue weighted by Crippen LogP contribution is -2.21. The Morgan fingerprint density at radius 1 is 1.19 bits per heavy atom. The molecule has 1 aromatic heterocycles. The van der Waals surface area contributed by atoms with Crippen LogP contribution in [0, 0.1) is 13.8 Å². The van der Waals surface area contributed by atoms with Crippen LogP contribution in [0.25, 0.3) is 0 Å². The molecule has 2 aromatic rings.